The van der Waals surface area contributed by atoms with Crippen LogP contribution in [0.1, 0.15) is 36.0 Å². The van der Waals surface area contributed by atoms with Crippen molar-refractivity contribution in [2.45, 2.75) is 32.0 Å². The number of carbonyl (C=O) groups is 2. The van der Waals surface area contributed by atoms with Crippen molar-refractivity contribution in [3.63, 3.8) is 0 Å². The van der Waals surface area contributed by atoms with Gasteiger partial charge in [-0.2, -0.15) is 13.2 Å². The molecule has 2 aromatic carbocycles. The molecular formula is C27H29F3N4O4. The predicted molar refractivity (Wildman–Crippen MR) is 136 cm³/mol. The first kappa shape index (κ1) is 27.0. The van der Waals surface area contributed by atoms with E-state index in [1.807, 2.05) is 29.8 Å². The van der Waals surface area contributed by atoms with E-state index >= 15 is 0 Å². The minimum Gasteiger partial charge on any atom is -0.469 e. The molecule has 1 aromatic heterocycles. The highest BCUT2D eigenvalue weighted by molar-refractivity contribution is 5.90. The minimum absolute atomic E-state index is 0.0336. The summed E-state index contributed by atoms with van der Waals surface area (Å²) in [4.78, 5) is 31.4. The summed E-state index contributed by atoms with van der Waals surface area (Å²) < 4.78 is 45.4. The standard InChI is InChI=1S/C27H29F3N4O4/c1-33-23-10-7-20(15-32-38-17-19-5-8-22(9-6-19)27(28,29)30)13-21(23)14-26(33)37-18-24(35)31-16-25(36)34-11-3-2-4-12-34/h5-10,13-15H,2-4,11-12,16-18H2,1H3,(H,31,35). The summed E-state index contributed by atoms with van der Waals surface area (Å²) in [7, 11) is 1.82. The Labute approximate surface area is 218 Å². The number of piperidine rings is 1. The Balaban J connectivity index is 1.27. The number of oxime groups is 1. The molecule has 0 radical (unpaired) electrons. The van der Waals surface area contributed by atoms with Crippen molar-refractivity contribution in [1.82, 2.24) is 14.8 Å². The molecule has 0 saturated carbocycles. The van der Waals surface area contributed by atoms with Crippen molar-refractivity contribution < 1.29 is 32.3 Å². The number of alkyl halides is 3. The van der Waals surface area contributed by atoms with Crippen molar-refractivity contribution >= 4 is 28.9 Å². The third-order valence-corrected chi connectivity index (χ3v) is 6.31. The first-order chi connectivity index (χ1) is 18.2. The molecule has 38 heavy (non-hydrogen) atoms. The van der Waals surface area contributed by atoms with Crippen LogP contribution in [0.3, 0.4) is 0 Å². The summed E-state index contributed by atoms with van der Waals surface area (Å²) in [5.74, 6) is 0.0315. The number of hydrogen-bond acceptors (Lipinski definition) is 5. The number of aryl methyl sites for hydroxylation is 1. The Kier molecular flexibility index (Phi) is 8.55. The molecule has 1 fully saturated rings. The maximum atomic E-state index is 12.7. The average Bonchev–Trinajstić information content (AvgIpc) is 3.23. The number of hydrogen-bond donors (Lipinski definition) is 1. The van der Waals surface area contributed by atoms with Crippen molar-refractivity contribution in [2.24, 2.45) is 12.2 Å². The highest BCUT2D eigenvalue weighted by Gasteiger charge is 2.29. The SMILES string of the molecule is Cn1c(OCC(=O)NCC(=O)N2CCCCC2)cc2cc(C=NOCc3ccc(C(F)(F)F)cc3)ccc21. The van der Waals surface area contributed by atoms with E-state index in [2.05, 4.69) is 10.5 Å². The molecule has 0 unspecified atom stereocenters. The van der Waals surface area contributed by atoms with Gasteiger partial charge in [-0.15, -0.1) is 0 Å². The van der Waals surface area contributed by atoms with Gasteiger partial charge in [0.15, 0.2) is 12.5 Å². The second-order valence-corrected chi connectivity index (χ2v) is 9.07. The number of likely N-dealkylation sites (tertiary alicyclic amines) is 1. The van der Waals surface area contributed by atoms with Gasteiger partial charge in [-0.25, -0.2) is 0 Å². The van der Waals surface area contributed by atoms with Crippen LogP contribution in [0.5, 0.6) is 5.88 Å². The van der Waals surface area contributed by atoms with Gasteiger partial charge in [-0.3, -0.25) is 9.59 Å². The van der Waals surface area contributed by atoms with Gasteiger partial charge in [0.1, 0.15) is 6.61 Å². The number of carbonyl (C=O) groups excluding carboxylic acids is 2. The molecule has 2 heterocycles. The summed E-state index contributed by atoms with van der Waals surface area (Å²) in [6.07, 6.45) is 0.241. The van der Waals surface area contributed by atoms with Crippen LogP contribution in [0.4, 0.5) is 13.2 Å². The molecule has 3 aromatic rings. The molecule has 8 nitrogen and oxygen atoms in total. The van der Waals surface area contributed by atoms with Crippen molar-refractivity contribution in [3.8, 4) is 5.88 Å². The second-order valence-electron chi connectivity index (χ2n) is 9.07. The zero-order chi connectivity index (χ0) is 27.1. The molecular weight excluding hydrogens is 501 g/mol. The Hall–Kier alpha value is -4.02. The molecule has 0 atom stereocenters. The largest absolute Gasteiger partial charge is 0.469 e. The lowest BCUT2D eigenvalue weighted by Crippen LogP contribution is -2.43. The highest BCUT2D eigenvalue weighted by Crippen LogP contribution is 2.29. The van der Waals surface area contributed by atoms with Gasteiger partial charge in [0.25, 0.3) is 5.91 Å². The summed E-state index contributed by atoms with van der Waals surface area (Å²) in [6, 6.07) is 12.1. The zero-order valence-corrected chi connectivity index (χ0v) is 21.0. The third kappa shape index (κ3) is 7.05. The summed E-state index contributed by atoms with van der Waals surface area (Å²) in [6.45, 7) is 1.24. The fraction of sp³-hybridized carbons (Fsp3) is 0.370. The first-order valence-corrected chi connectivity index (χ1v) is 12.3. The predicted octanol–water partition coefficient (Wildman–Crippen LogP) is 4.26. The molecule has 1 aliphatic rings. The number of nitrogens with zero attached hydrogens (tertiary/aromatic N) is 3. The highest BCUT2D eigenvalue weighted by atomic mass is 19.4. The zero-order valence-electron chi connectivity index (χ0n) is 21.0. The van der Waals surface area contributed by atoms with Crippen molar-refractivity contribution in [2.75, 3.05) is 26.2 Å². The molecule has 1 saturated heterocycles. The topological polar surface area (TPSA) is 85.2 Å². The van der Waals surface area contributed by atoms with E-state index in [1.54, 1.807) is 11.0 Å². The Bertz CT molecular complexity index is 1300. The van der Waals surface area contributed by atoms with Crippen LogP contribution in [0.2, 0.25) is 0 Å². The number of amides is 2. The van der Waals surface area contributed by atoms with E-state index in [4.69, 9.17) is 9.57 Å². The normalized spacial score (nSPS) is 14.2. The van der Waals surface area contributed by atoms with Gasteiger partial charge < -0.3 is 24.4 Å². The third-order valence-electron chi connectivity index (χ3n) is 6.31. The van der Waals surface area contributed by atoms with E-state index in [0.29, 0.717) is 11.4 Å². The summed E-state index contributed by atoms with van der Waals surface area (Å²) in [5, 5.41) is 7.38. The van der Waals surface area contributed by atoms with Crippen LogP contribution in [0, 0.1) is 0 Å². The fourth-order valence-corrected chi connectivity index (χ4v) is 4.18. The van der Waals surface area contributed by atoms with Crippen LogP contribution < -0.4 is 10.1 Å². The van der Waals surface area contributed by atoms with Crippen LogP contribution >= 0.6 is 0 Å². The van der Waals surface area contributed by atoms with Crippen molar-refractivity contribution in [1.29, 1.82) is 0 Å². The van der Waals surface area contributed by atoms with E-state index < -0.39 is 11.7 Å². The molecule has 0 bridgehead atoms. The van der Waals surface area contributed by atoms with Crippen LogP contribution in [0.15, 0.2) is 53.7 Å². The van der Waals surface area contributed by atoms with E-state index in [1.165, 1.54) is 18.3 Å². The van der Waals surface area contributed by atoms with Gasteiger partial charge in [-0.1, -0.05) is 23.4 Å². The average molecular weight is 531 g/mol. The number of fused-ring (bicyclic) bond motifs is 1. The molecule has 1 aliphatic heterocycles. The van der Waals surface area contributed by atoms with Gasteiger partial charge in [0.2, 0.25) is 5.91 Å². The molecule has 202 valence electrons. The monoisotopic (exact) mass is 530 g/mol. The molecule has 1 N–H and O–H groups in total. The maximum absolute atomic E-state index is 12.7. The minimum atomic E-state index is -4.38. The lowest BCUT2D eigenvalue weighted by Gasteiger charge is -2.26. The lowest BCUT2D eigenvalue weighted by atomic mass is 10.1. The van der Waals surface area contributed by atoms with E-state index in [0.717, 1.165) is 61.0 Å². The molecule has 2 amide bonds. The summed E-state index contributed by atoms with van der Waals surface area (Å²) in [5.41, 5.74) is 1.47. The summed E-state index contributed by atoms with van der Waals surface area (Å²) >= 11 is 0. The quantitative estimate of drug-likeness (QED) is 0.331. The fourth-order valence-electron chi connectivity index (χ4n) is 4.18. The Morgan fingerprint density at radius 1 is 1.05 bits per heavy atom. The lowest BCUT2D eigenvalue weighted by molar-refractivity contribution is -0.137. The van der Waals surface area contributed by atoms with Crippen molar-refractivity contribution in [3.05, 3.63) is 65.2 Å². The number of halogens is 3. The van der Waals surface area contributed by atoms with Crippen LogP contribution in [-0.4, -0.2) is 53.7 Å². The van der Waals surface area contributed by atoms with Gasteiger partial charge >= 0.3 is 6.18 Å². The van der Waals surface area contributed by atoms with Gasteiger partial charge in [0, 0.05) is 31.6 Å². The number of benzene rings is 2. The molecule has 0 aliphatic carbocycles. The Morgan fingerprint density at radius 2 is 1.79 bits per heavy atom. The van der Waals surface area contributed by atoms with Crippen LogP contribution in [0.25, 0.3) is 10.9 Å². The number of rotatable bonds is 9. The Morgan fingerprint density at radius 3 is 2.50 bits per heavy atom. The first-order valence-electron chi connectivity index (χ1n) is 12.3. The van der Waals surface area contributed by atoms with Gasteiger partial charge in [0.05, 0.1) is 23.8 Å². The van der Waals surface area contributed by atoms with E-state index in [9.17, 15) is 22.8 Å². The smallest absolute Gasteiger partial charge is 0.416 e. The van der Waals surface area contributed by atoms with E-state index in [-0.39, 0.29) is 31.6 Å². The molecule has 11 heteroatoms. The molecule has 4 rings (SSSR count). The number of aromatic nitrogens is 1. The number of ether oxygens (including phenoxy) is 1. The van der Waals surface area contributed by atoms with Gasteiger partial charge in [-0.05, 0) is 54.7 Å². The van der Waals surface area contributed by atoms with Crippen LogP contribution in [-0.2, 0) is 34.3 Å². The molecule has 0 spiro atoms. The number of nitrogens with one attached hydrogen (secondary N) is 1. The maximum Gasteiger partial charge on any atom is 0.416 e. The second kappa shape index (κ2) is 12.0.